The number of hydrogen-bond acceptors (Lipinski definition) is 6. The molecule has 8 heteroatoms. The van der Waals surface area contributed by atoms with Gasteiger partial charge in [0.25, 0.3) is 0 Å². The van der Waals surface area contributed by atoms with E-state index in [0.717, 1.165) is 21.5 Å². The summed E-state index contributed by atoms with van der Waals surface area (Å²) in [5.41, 5.74) is 9.18. The summed E-state index contributed by atoms with van der Waals surface area (Å²) in [5.74, 6) is 0. The van der Waals surface area contributed by atoms with Gasteiger partial charge in [-0.25, -0.2) is 4.98 Å². The van der Waals surface area contributed by atoms with Crippen molar-refractivity contribution >= 4 is 38.8 Å². The van der Waals surface area contributed by atoms with Crippen molar-refractivity contribution in [1.82, 2.24) is 19.9 Å². The molecule has 0 saturated carbocycles. The minimum atomic E-state index is -0.260. The molecule has 25 heavy (non-hydrogen) atoms. The molecule has 3 heterocycles. The third-order valence-corrected chi connectivity index (χ3v) is 4.90. The van der Waals surface area contributed by atoms with Crippen LogP contribution in [0.4, 0.5) is 5.69 Å². The van der Waals surface area contributed by atoms with Gasteiger partial charge in [-0.3, -0.25) is 0 Å². The second-order valence-corrected chi connectivity index (χ2v) is 6.80. The van der Waals surface area contributed by atoms with Crippen LogP contribution in [0.1, 0.15) is 18.7 Å². The number of aromatic nitrogens is 4. The van der Waals surface area contributed by atoms with Crippen molar-refractivity contribution in [2.75, 3.05) is 5.73 Å². The zero-order valence-corrected chi connectivity index (χ0v) is 14.8. The summed E-state index contributed by atoms with van der Waals surface area (Å²) in [6, 6.07) is 7.77. The highest BCUT2D eigenvalue weighted by Gasteiger charge is 2.17. The van der Waals surface area contributed by atoms with Gasteiger partial charge in [-0.05, 0) is 19.1 Å². The minimum absolute atomic E-state index is 0.260. The van der Waals surface area contributed by atoms with Gasteiger partial charge in [-0.1, -0.05) is 23.7 Å². The Morgan fingerprint density at radius 2 is 2.20 bits per heavy atom. The smallest absolute Gasteiger partial charge is 0.319 e. The van der Waals surface area contributed by atoms with E-state index in [-0.39, 0.29) is 12.1 Å². The summed E-state index contributed by atoms with van der Waals surface area (Å²) in [6.07, 6.45) is 3.06. The molecule has 0 aliphatic heterocycles. The van der Waals surface area contributed by atoms with E-state index in [1.54, 1.807) is 12.5 Å². The zero-order chi connectivity index (χ0) is 17.4. The standard InChI is InChI=1S/C17H14ClN5OS/c1-9(13-6-20-8-21-13)24-17-22-15(10-3-2-4-11(18)5-10)14-12(19)7-25-16(14)23-17/h2-9H,19H2,1H3,(H,20,21). The van der Waals surface area contributed by atoms with Crippen molar-refractivity contribution < 1.29 is 4.74 Å². The molecular weight excluding hydrogens is 358 g/mol. The van der Waals surface area contributed by atoms with Crippen molar-refractivity contribution in [1.29, 1.82) is 0 Å². The predicted octanol–water partition coefficient (Wildman–Crippen LogP) is 4.46. The summed E-state index contributed by atoms with van der Waals surface area (Å²) in [6.45, 7) is 1.91. The van der Waals surface area contributed by atoms with Gasteiger partial charge in [0.2, 0.25) is 0 Å². The van der Waals surface area contributed by atoms with Crippen molar-refractivity contribution in [3.63, 3.8) is 0 Å². The first kappa shape index (κ1) is 15.9. The molecule has 4 rings (SSSR count). The second-order valence-electron chi connectivity index (χ2n) is 5.50. The van der Waals surface area contributed by atoms with Gasteiger partial charge in [-0.15, -0.1) is 11.3 Å². The Labute approximate surface area is 152 Å². The highest BCUT2D eigenvalue weighted by atomic mass is 35.5. The molecule has 0 radical (unpaired) electrons. The van der Waals surface area contributed by atoms with E-state index in [2.05, 4.69) is 19.9 Å². The molecule has 6 nitrogen and oxygen atoms in total. The number of nitrogens with zero attached hydrogens (tertiary/aromatic N) is 3. The van der Waals surface area contributed by atoms with E-state index in [1.807, 2.05) is 36.6 Å². The Balaban J connectivity index is 1.82. The fourth-order valence-corrected chi connectivity index (χ4v) is 3.56. The lowest BCUT2D eigenvalue weighted by Crippen LogP contribution is -2.06. The number of H-pyrrole nitrogens is 1. The van der Waals surface area contributed by atoms with Crippen LogP contribution in [0.3, 0.4) is 0 Å². The van der Waals surface area contributed by atoms with Gasteiger partial charge in [0.15, 0.2) is 0 Å². The lowest BCUT2D eigenvalue weighted by Gasteiger charge is -2.13. The number of halogens is 1. The Hall–Kier alpha value is -2.64. The average molecular weight is 372 g/mol. The van der Waals surface area contributed by atoms with Crippen LogP contribution in [0.25, 0.3) is 21.5 Å². The monoisotopic (exact) mass is 371 g/mol. The van der Waals surface area contributed by atoms with Gasteiger partial charge >= 0.3 is 6.01 Å². The maximum Gasteiger partial charge on any atom is 0.319 e. The van der Waals surface area contributed by atoms with Crippen LogP contribution in [0.2, 0.25) is 5.02 Å². The highest BCUT2D eigenvalue weighted by Crippen LogP contribution is 2.37. The lowest BCUT2D eigenvalue weighted by molar-refractivity contribution is 0.204. The largest absolute Gasteiger partial charge is 0.454 e. The number of nitrogens with one attached hydrogen (secondary N) is 1. The molecule has 4 aromatic rings. The van der Waals surface area contributed by atoms with Crippen LogP contribution in [0.5, 0.6) is 6.01 Å². The van der Waals surface area contributed by atoms with Crippen LogP contribution in [0, 0.1) is 0 Å². The lowest BCUT2D eigenvalue weighted by atomic mass is 10.1. The van der Waals surface area contributed by atoms with Crippen molar-refractivity contribution in [3.05, 3.63) is 52.9 Å². The first-order chi connectivity index (χ1) is 12.1. The quantitative estimate of drug-likeness (QED) is 0.552. The SMILES string of the molecule is CC(Oc1nc(-c2cccc(Cl)c2)c2c(N)csc2n1)c1cnc[nH]1. The molecule has 0 amide bonds. The zero-order valence-electron chi connectivity index (χ0n) is 13.2. The van der Waals surface area contributed by atoms with E-state index < -0.39 is 0 Å². The number of rotatable bonds is 4. The van der Waals surface area contributed by atoms with E-state index in [1.165, 1.54) is 11.3 Å². The number of nitrogens with two attached hydrogens (primary N) is 1. The van der Waals surface area contributed by atoms with E-state index in [0.29, 0.717) is 16.4 Å². The molecule has 0 saturated heterocycles. The molecule has 126 valence electrons. The van der Waals surface area contributed by atoms with E-state index in [4.69, 9.17) is 22.1 Å². The normalized spacial score (nSPS) is 12.4. The Morgan fingerprint density at radius 1 is 1.32 bits per heavy atom. The number of hydrogen-bond donors (Lipinski definition) is 2. The van der Waals surface area contributed by atoms with E-state index in [9.17, 15) is 0 Å². The third kappa shape index (κ3) is 3.04. The number of ether oxygens (including phenoxy) is 1. The first-order valence-electron chi connectivity index (χ1n) is 7.57. The number of imidazole rings is 1. The number of nitrogen functional groups attached to an aromatic ring is 1. The highest BCUT2D eigenvalue weighted by molar-refractivity contribution is 7.17. The number of aromatic amines is 1. The Kier molecular flexibility index (Phi) is 4.03. The third-order valence-electron chi connectivity index (χ3n) is 3.78. The summed E-state index contributed by atoms with van der Waals surface area (Å²) in [5, 5.41) is 3.30. The van der Waals surface area contributed by atoms with Gasteiger partial charge in [0.1, 0.15) is 10.9 Å². The van der Waals surface area contributed by atoms with E-state index >= 15 is 0 Å². The van der Waals surface area contributed by atoms with Gasteiger partial charge in [0.05, 0.1) is 35.0 Å². The van der Waals surface area contributed by atoms with Crippen LogP contribution in [0.15, 0.2) is 42.2 Å². The molecule has 0 aliphatic carbocycles. The number of benzene rings is 1. The van der Waals surface area contributed by atoms with Crippen LogP contribution >= 0.6 is 22.9 Å². The first-order valence-corrected chi connectivity index (χ1v) is 8.83. The molecule has 1 aromatic carbocycles. The number of anilines is 1. The molecule has 3 aromatic heterocycles. The second kappa shape index (κ2) is 6.34. The fourth-order valence-electron chi connectivity index (χ4n) is 2.55. The van der Waals surface area contributed by atoms with Gasteiger partial charge in [-0.2, -0.15) is 9.97 Å². The molecular formula is C17H14ClN5OS. The summed E-state index contributed by atoms with van der Waals surface area (Å²) in [4.78, 5) is 16.9. The topological polar surface area (TPSA) is 89.7 Å². The van der Waals surface area contributed by atoms with Crippen molar-refractivity contribution in [3.8, 4) is 17.3 Å². The van der Waals surface area contributed by atoms with Crippen LogP contribution in [-0.2, 0) is 0 Å². The molecule has 0 bridgehead atoms. The van der Waals surface area contributed by atoms with Crippen molar-refractivity contribution in [2.24, 2.45) is 0 Å². The fraction of sp³-hybridized carbons (Fsp3) is 0.118. The molecule has 0 fully saturated rings. The maximum absolute atomic E-state index is 6.14. The van der Waals surface area contributed by atoms with Gasteiger partial charge in [0, 0.05) is 16.0 Å². The molecule has 0 aliphatic rings. The predicted molar refractivity (Wildman–Crippen MR) is 99.9 cm³/mol. The average Bonchev–Trinajstić information content (AvgIpc) is 3.25. The summed E-state index contributed by atoms with van der Waals surface area (Å²) in [7, 11) is 0. The number of thiophene rings is 1. The summed E-state index contributed by atoms with van der Waals surface area (Å²) < 4.78 is 5.91. The molecule has 3 N–H and O–H groups in total. The minimum Gasteiger partial charge on any atom is -0.454 e. The number of fused-ring (bicyclic) bond motifs is 1. The van der Waals surface area contributed by atoms with Crippen LogP contribution in [-0.4, -0.2) is 19.9 Å². The Morgan fingerprint density at radius 3 is 2.96 bits per heavy atom. The van der Waals surface area contributed by atoms with Crippen molar-refractivity contribution in [2.45, 2.75) is 13.0 Å². The Bertz CT molecular complexity index is 1030. The summed E-state index contributed by atoms with van der Waals surface area (Å²) >= 11 is 7.59. The van der Waals surface area contributed by atoms with Gasteiger partial charge < -0.3 is 15.5 Å². The molecule has 1 atom stereocenters. The van der Waals surface area contributed by atoms with Crippen LogP contribution < -0.4 is 10.5 Å². The molecule has 0 spiro atoms. The molecule has 1 unspecified atom stereocenters. The maximum atomic E-state index is 6.14.